The van der Waals surface area contributed by atoms with Gasteiger partial charge in [-0.05, 0) is 43.9 Å². The smallest absolute Gasteiger partial charge is 0.373 e. The van der Waals surface area contributed by atoms with Gasteiger partial charge in [0.2, 0.25) is 0 Å². The van der Waals surface area contributed by atoms with Gasteiger partial charge in [0, 0.05) is 18.0 Å². The molecule has 0 bridgehead atoms. The zero-order valence-electron chi connectivity index (χ0n) is 21.5. The van der Waals surface area contributed by atoms with Crippen LogP contribution in [0.3, 0.4) is 0 Å². The monoisotopic (exact) mass is 517 g/mol. The highest BCUT2D eigenvalue weighted by Gasteiger charge is 2.19. The van der Waals surface area contributed by atoms with Crippen molar-refractivity contribution in [1.29, 1.82) is 0 Å². The maximum absolute atomic E-state index is 13.6. The molecule has 0 amide bonds. The van der Waals surface area contributed by atoms with Gasteiger partial charge in [0.25, 0.3) is 5.56 Å². The van der Waals surface area contributed by atoms with E-state index in [0.717, 1.165) is 47.3 Å². The van der Waals surface area contributed by atoms with Crippen molar-refractivity contribution in [2.24, 2.45) is 0 Å². The first-order valence-electron chi connectivity index (χ1n) is 12.4. The number of aromatic nitrogens is 4. The zero-order valence-corrected chi connectivity index (χ0v) is 22.3. The molecular weight excluding hydrogens is 486 g/mol. The van der Waals surface area contributed by atoms with Crippen LogP contribution in [0, 0.1) is 6.92 Å². The first-order valence-corrected chi connectivity index (χ1v) is 12.8. The highest BCUT2D eigenvalue weighted by Crippen LogP contribution is 2.30. The molecule has 4 aromatic rings. The zero-order chi connectivity index (χ0) is 26.5. The molecule has 2 heterocycles. The van der Waals surface area contributed by atoms with Crippen LogP contribution in [0.15, 0.2) is 62.6 Å². The third-order valence-electron chi connectivity index (χ3n) is 6.06. The van der Waals surface area contributed by atoms with Gasteiger partial charge in [0.15, 0.2) is 5.82 Å². The predicted octanol–water partition coefficient (Wildman–Crippen LogP) is 4.63. The molecule has 0 aliphatic carbocycles. The van der Waals surface area contributed by atoms with E-state index in [2.05, 4.69) is 26.9 Å². The number of hydrogen-bond donors (Lipinski definition) is 2. The summed E-state index contributed by atoms with van der Waals surface area (Å²) in [5.41, 5.74) is 4.57. The van der Waals surface area contributed by atoms with E-state index < -0.39 is 5.76 Å². The molecule has 0 saturated heterocycles. The second-order valence-corrected chi connectivity index (χ2v) is 9.71. The largest absolute Gasteiger partial charge is 0.439 e. The van der Waals surface area contributed by atoms with E-state index in [1.807, 2.05) is 69.3 Å². The number of nitrogens with one attached hydrogen (secondary N) is 2. The summed E-state index contributed by atoms with van der Waals surface area (Å²) in [5, 5.41) is 7.02. The number of hydrogen-bond acceptors (Lipinski definition) is 6. The number of benzene rings is 2. The Hall–Kier alpha value is -3.85. The van der Waals surface area contributed by atoms with Crippen molar-refractivity contribution in [2.75, 3.05) is 0 Å². The van der Waals surface area contributed by atoms with E-state index in [9.17, 15) is 9.59 Å². The lowest BCUT2D eigenvalue weighted by Gasteiger charge is -2.18. The average molecular weight is 518 g/mol. The van der Waals surface area contributed by atoms with Gasteiger partial charge in [-0.1, -0.05) is 79.3 Å². The molecule has 192 valence electrons. The Bertz CT molecular complexity index is 1520. The molecule has 0 atom stereocenters. The molecule has 0 unspecified atom stereocenters. The lowest BCUT2D eigenvalue weighted by atomic mass is 9.98. The Morgan fingerprint density at radius 1 is 1.11 bits per heavy atom. The van der Waals surface area contributed by atoms with Crippen LogP contribution in [0.25, 0.3) is 22.5 Å². The molecule has 0 radical (unpaired) electrons. The van der Waals surface area contributed by atoms with E-state index in [1.165, 1.54) is 0 Å². The van der Waals surface area contributed by atoms with Crippen molar-refractivity contribution < 1.29 is 4.52 Å². The standard InChI is InChI=1S/C28H31N5O3S/c1-5-6-11-23-30-18(4)24(26(37)29-17(2)3)27(34)33(23)16-19-12-14-20(15-13-19)21-9-7-8-10-22(21)25-31-28(35)36-32-25/h7-10,12-15,17H,5-6,11,16H2,1-4H3,(H,29,37)(H,31,32,35). The minimum absolute atomic E-state index is 0.116. The second-order valence-electron chi connectivity index (χ2n) is 9.30. The third kappa shape index (κ3) is 5.94. The predicted molar refractivity (Wildman–Crippen MR) is 149 cm³/mol. The van der Waals surface area contributed by atoms with Crippen LogP contribution in [0.4, 0.5) is 0 Å². The summed E-state index contributed by atoms with van der Waals surface area (Å²) in [4.78, 5) is 32.9. The van der Waals surface area contributed by atoms with E-state index in [1.54, 1.807) is 4.57 Å². The van der Waals surface area contributed by atoms with Crippen molar-refractivity contribution in [2.45, 2.75) is 59.5 Å². The third-order valence-corrected chi connectivity index (χ3v) is 6.38. The molecule has 4 rings (SSSR count). The summed E-state index contributed by atoms with van der Waals surface area (Å²) in [6.45, 7) is 8.34. The molecule has 2 aromatic carbocycles. The number of nitrogens with zero attached hydrogens (tertiary/aromatic N) is 3. The van der Waals surface area contributed by atoms with Crippen molar-refractivity contribution in [3.8, 4) is 22.5 Å². The number of aryl methyl sites for hydroxylation is 2. The summed E-state index contributed by atoms with van der Waals surface area (Å²) in [6, 6.07) is 15.8. The lowest BCUT2D eigenvalue weighted by molar-refractivity contribution is 0.388. The van der Waals surface area contributed by atoms with Gasteiger partial charge in [-0.3, -0.25) is 18.9 Å². The second kappa shape index (κ2) is 11.5. The van der Waals surface area contributed by atoms with Crippen molar-refractivity contribution in [3.05, 3.63) is 92.1 Å². The van der Waals surface area contributed by atoms with E-state index in [0.29, 0.717) is 28.6 Å². The summed E-state index contributed by atoms with van der Waals surface area (Å²) >= 11 is 5.55. The minimum atomic E-state index is -0.598. The maximum atomic E-state index is 13.6. The molecular formula is C28H31N5O3S. The quantitative estimate of drug-likeness (QED) is 0.312. The number of unbranched alkanes of at least 4 members (excludes halogenated alkanes) is 1. The van der Waals surface area contributed by atoms with Gasteiger partial charge in [-0.25, -0.2) is 9.78 Å². The highest BCUT2D eigenvalue weighted by atomic mass is 32.1. The Morgan fingerprint density at radius 2 is 1.81 bits per heavy atom. The number of rotatable bonds is 9. The van der Waals surface area contributed by atoms with Crippen molar-refractivity contribution in [1.82, 2.24) is 25.0 Å². The molecule has 0 fully saturated rings. The van der Waals surface area contributed by atoms with Gasteiger partial charge < -0.3 is 5.32 Å². The molecule has 0 spiro atoms. The maximum Gasteiger partial charge on any atom is 0.439 e. The van der Waals surface area contributed by atoms with E-state index >= 15 is 0 Å². The van der Waals surface area contributed by atoms with Gasteiger partial charge >= 0.3 is 5.76 Å². The molecule has 2 aromatic heterocycles. The Balaban J connectivity index is 1.69. The van der Waals surface area contributed by atoms with Crippen LogP contribution in [-0.4, -0.2) is 30.7 Å². The highest BCUT2D eigenvalue weighted by molar-refractivity contribution is 7.80. The van der Waals surface area contributed by atoms with Crippen LogP contribution in [0.2, 0.25) is 0 Å². The van der Waals surface area contributed by atoms with Gasteiger partial charge in [-0.2, -0.15) is 0 Å². The molecule has 8 nitrogen and oxygen atoms in total. The van der Waals surface area contributed by atoms with Crippen molar-refractivity contribution >= 4 is 17.2 Å². The topological polar surface area (TPSA) is 106 Å². The lowest BCUT2D eigenvalue weighted by Crippen LogP contribution is -2.38. The van der Waals surface area contributed by atoms with Gasteiger partial charge in [-0.15, -0.1) is 0 Å². The first-order chi connectivity index (χ1) is 17.8. The molecule has 2 N–H and O–H groups in total. The molecule has 9 heteroatoms. The van der Waals surface area contributed by atoms with Crippen LogP contribution in [0.1, 0.15) is 56.3 Å². The molecule has 0 aliphatic heterocycles. The minimum Gasteiger partial charge on any atom is -0.373 e. The van der Waals surface area contributed by atoms with Crippen molar-refractivity contribution in [3.63, 3.8) is 0 Å². The molecule has 37 heavy (non-hydrogen) atoms. The number of H-pyrrole nitrogens is 1. The first kappa shape index (κ1) is 26.2. The summed E-state index contributed by atoms with van der Waals surface area (Å²) in [5.74, 6) is 0.546. The number of aromatic amines is 1. The van der Waals surface area contributed by atoms with Gasteiger partial charge in [0.05, 0.1) is 17.8 Å². The fraction of sp³-hybridized carbons (Fsp3) is 0.321. The molecule has 0 aliphatic rings. The average Bonchev–Trinajstić information content (AvgIpc) is 3.30. The van der Waals surface area contributed by atoms with Crippen LogP contribution < -0.4 is 16.6 Å². The van der Waals surface area contributed by atoms with Crippen LogP contribution in [0.5, 0.6) is 0 Å². The van der Waals surface area contributed by atoms with E-state index in [4.69, 9.17) is 17.2 Å². The Kier molecular flexibility index (Phi) is 8.13. The van der Waals surface area contributed by atoms with Crippen LogP contribution in [-0.2, 0) is 13.0 Å². The summed E-state index contributed by atoms with van der Waals surface area (Å²) < 4.78 is 6.43. The van der Waals surface area contributed by atoms with Crippen LogP contribution >= 0.6 is 12.2 Å². The normalized spacial score (nSPS) is 11.2. The fourth-order valence-electron chi connectivity index (χ4n) is 4.26. The summed E-state index contributed by atoms with van der Waals surface area (Å²) in [6.07, 6.45) is 2.67. The van der Waals surface area contributed by atoms with E-state index in [-0.39, 0.29) is 11.6 Å². The van der Waals surface area contributed by atoms with Gasteiger partial charge in [0.1, 0.15) is 10.8 Å². The Labute approximate surface area is 220 Å². The fourth-order valence-corrected chi connectivity index (χ4v) is 4.73. The number of thiocarbonyl (C=S) groups is 1. The molecule has 0 saturated carbocycles. The summed E-state index contributed by atoms with van der Waals surface area (Å²) in [7, 11) is 0. The SMILES string of the molecule is CCCCc1nc(C)c(C(=S)NC(C)C)c(=O)n1Cc1ccc(-c2ccccc2-c2noc(=O)[nH]2)cc1. The Morgan fingerprint density at radius 3 is 2.43 bits per heavy atom.